The minimum absolute atomic E-state index is 0. The third-order valence-corrected chi connectivity index (χ3v) is 3.83. The van der Waals surface area contributed by atoms with Crippen LogP contribution >= 0.6 is 24.0 Å². The molecule has 0 saturated carbocycles. The van der Waals surface area contributed by atoms with Gasteiger partial charge in [0.25, 0.3) is 0 Å². The zero-order chi connectivity index (χ0) is 14.3. The molecule has 8 heteroatoms. The van der Waals surface area contributed by atoms with E-state index < -0.39 is 0 Å². The lowest BCUT2D eigenvalue weighted by atomic mass is 10.3. The molecule has 7 nitrogen and oxygen atoms in total. The minimum Gasteiger partial charge on any atom is -0.356 e. The summed E-state index contributed by atoms with van der Waals surface area (Å²) >= 11 is 0. The van der Waals surface area contributed by atoms with Crippen LogP contribution in [0.5, 0.6) is 0 Å². The molecule has 3 heterocycles. The number of aliphatic imine (C=N–C) groups is 1. The molecular formula is C14H24IN7. The standard InChI is InChI=1S/C14H23N7.HI/c1-3-15-13(16-4-1)17-7-8-20-9-11-21(12-10-20)14-18-5-2-6-19-14;/h2,5-6H,1,3-4,7-12H2,(H2,15,16,17);1H. The number of aromatic nitrogens is 2. The average Bonchev–Trinajstić information content (AvgIpc) is 2.57. The Morgan fingerprint density at radius 2 is 1.91 bits per heavy atom. The molecule has 0 bridgehead atoms. The van der Waals surface area contributed by atoms with E-state index in [-0.39, 0.29) is 24.0 Å². The molecule has 0 unspecified atom stereocenters. The number of guanidine groups is 1. The Hall–Kier alpha value is -1.16. The van der Waals surface area contributed by atoms with Gasteiger partial charge in [0.1, 0.15) is 0 Å². The fourth-order valence-electron chi connectivity index (χ4n) is 2.61. The smallest absolute Gasteiger partial charge is 0.225 e. The molecule has 0 amide bonds. The van der Waals surface area contributed by atoms with Gasteiger partial charge in [0, 0.05) is 64.8 Å². The van der Waals surface area contributed by atoms with Crippen molar-refractivity contribution in [3.63, 3.8) is 0 Å². The molecule has 122 valence electrons. The van der Waals surface area contributed by atoms with Crippen molar-refractivity contribution in [3.8, 4) is 0 Å². The second-order valence-electron chi connectivity index (χ2n) is 5.31. The first-order chi connectivity index (χ1) is 10.4. The molecule has 0 spiro atoms. The fraction of sp³-hybridized carbons (Fsp3) is 0.643. The van der Waals surface area contributed by atoms with E-state index in [1.807, 2.05) is 6.07 Å². The summed E-state index contributed by atoms with van der Waals surface area (Å²) in [5.74, 6) is 1.80. The van der Waals surface area contributed by atoms with Gasteiger partial charge >= 0.3 is 0 Å². The highest BCUT2D eigenvalue weighted by Gasteiger charge is 2.18. The quantitative estimate of drug-likeness (QED) is 0.681. The van der Waals surface area contributed by atoms with E-state index in [1.54, 1.807) is 12.4 Å². The summed E-state index contributed by atoms with van der Waals surface area (Å²) in [5, 5.41) is 6.65. The summed E-state index contributed by atoms with van der Waals surface area (Å²) in [7, 11) is 0. The van der Waals surface area contributed by atoms with Gasteiger partial charge < -0.3 is 15.5 Å². The Balaban J connectivity index is 0.00000176. The first-order valence-electron chi connectivity index (χ1n) is 7.68. The molecule has 1 fully saturated rings. The summed E-state index contributed by atoms with van der Waals surface area (Å²) in [6, 6.07) is 1.85. The first-order valence-corrected chi connectivity index (χ1v) is 7.68. The molecular weight excluding hydrogens is 393 g/mol. The monoisotopic (exact) mass is 417 g/mol. The summed E-state index contributed by atoms with van der Waals surface area (Å²) in [5.41, 5.74) is 0. The molecule has 0 radical (unpaired) electrons. The van der Waals surface area contributed by atoms with Crippen molar-refractivity contribution < 1.29 is 0 Å². The highest BCUT2D eigenvalue weighted by molar-refractivity contribution is 14.0. The molecule has 0 aromatic carbocycles. The zero-order valence-corrected chi connectivity index (χ0v) is 15.1. The van der Waals surface area contributed by atoms with E-state index >= 15 is 0 Å². The second kappa shape index (κ2) is 9.09. The largest absolute Gasteiger partial charge is 0.356 e. The lowest BCUT2D eigenvalue weighted by Crippen LogP contribution is -2.50. The number of hydrogen-bond acceptors (Lipinski definition) is 7. The van der Waals surface area contributed by atoms with E-state index in [4.69, 9.17) is 0 Å². The van der Waals surface area contributed by atoms with Crippen molar-refractivity contribution in [1.29, 1.82) is 0 Å². The van der Waals surface area contributed by atoms with Crippen LogP contribution in [-0.2, 0) is 0 Å². The summed E-state index contributed by atoms with van der Waals surface area (Å²) in [6.07, 6.45) is 4.74. The molecule has 1 saturated heterocycles. The second-order valence-corrected chi connectivity index (χ2v) is 5.31. The zero-order valence-electron chi connectivity index (χ0n) is 12.7. The topological polar surface area (TPSA) is 68.7 Å². The number of halogens is 1. The molecule has 0 aliphatic carbocycles. The lowest BCUT2D eigenvalue weighted by molar-refractivity contribution is 0.260. The third kappa shape index (κ3) is 4.94. The maximum atomic E-state index is 4.41. The molecule has 3 rings (SSSR count). The van der Waals surface area contributed by atoms with Gasteiger partial charge in [-0.05, 0) is 12.5 Å². The van der Waals surface area contributed by atoms with Gasteiger partial charge in [0.15, 0.2) is 5.96 Å². The van der Waals surface area contributed by atoms with E-state index in [1.165, 1.54) is 0 Å². The van der Waals surface area contributed by atoms with Crippen LogP contribution in [0, 0.1) is 0 Å². The van der Waals surface area contributed by atoms with Gasteiger partial charge in [0.2, 0.25) is 5.95 Å². The highest BCUT2D eigenvalue weighted by atomic mass is 127. The maximum Gasteiger partial charge on any atom is 0.225 e. The first kappa shape index (κ1) is 17.2. The van der Waals surface area contributed by atoms with Crippen LogP contribution in [0.25, 0.3) is 0 Å². The van der Waals surface area contributed by atoms with Crippen LogP contribution in [0.4, 0.5) is 5.95 Å². The van der Waals surface area contributed by atoms with Crippen LogP contribution in [0.2, 0.25) is 0 Å². The number of anilines is 1. The normalized spacial score (nSPS) is 18.9. The van der Waals surface area contributed by atoms with Crippen LogP contribution < -0.4 is 15.5 Å². The van der Waals surface area contributed by atoms with Crippen molar-refractivity contribution in [3.05, 3.63) is 18.5 Å². The number of nitrogens with zero attached hydrogens (tertiary/aromatic N) is 5. The van der Waals surface area contributed by atoms with Gasteiger partial charge in [-0.3, -0.25) is 9.89 Å². The summed E-state index contributed by atoms with van der Waals surface area (Å²) < 4.78 is 0. The Morgan fingerprint density at radius 3 is 2.59 bits per heavy atom. The van der Waals surface area contributed by atoms with Gasteiger partial charge in [-0.25, -0.2) is 9.97 Å². The predicted octanol–water partition coefficient (Wildman–Crippen LogP) is 0.156. The molecule has 22 heavy (non-hydrogen) atoms. The van der Waals surface area contributed by atoms with Crippen molar-refractivity contribution in [2.45, 2.75) is 6.42 Å². The van der Waals surface area contributed by atoms with Gasteiger partial charge in [-0.2, -0.15) is 0 Å². The Bertz CT molecular complexity index is 460. The predicted molar refractivity (Wildman–Crippen MR) is 99.0 cm³/mol. The molecule has 2 N–H and O–H groups in total. The Morgan fingerprint density at radius 1 is 1.14 bits per heavy atom. The summed E-state index contributed by atoms with van der Waals surface area (Å²) in [4.78, 5) is 17.8. The van der Waals surface area contributed by atoms with Crippen LogP contribution in [0.1, 0.15) is 6.42 Å². The van der Waals surface area contributed by atoms with Gasteiger partial charge in [-0.15, -0.1) is 24.0 Å². The van der Waals surface area contributed by atoms with Crippen LogP contribution in [0.3, 0.4) is 0 Å². The molecule has 1 aromatic heterocycles. The minimum atomic E-state index is 0. The van der Waals surface area contributed by atoms with Crippen molar-refractivity contribution in [1.82, 2.24) is 25.5 Å². The Labute approximate surface area is 148 Å². The van der Waals surface area contributed by atoms with Crippen LogP contribution in [-0.4, -0.2) is 73.2 Å². The highest BCUT2D eigenvalue weighted by Crippen LogP contribution is 2.08. The van der Waals surface area contributed by atoms with Crippen molar-refractivity contribution in [2.24, 2.45) is 4.99 Å². The molecule has 2 aliphatic rings. The number of hydrogen-bond donors (Lipinski definition) is 2. The number of nitrogens with one attached hydrogen (secondary N) is 2. The number of piperazine rings is 1. The average molecular weight is 417 g/mol. The van der Waals surface area contributed by atoms with Gasteiger partial charge in [0.05, 0.1) is 0 Å². The van der Waals surface area contributed by atoms with Gasteiger partial charge in [-0.1, -0.05) is 0 Å². The molecule has 2 aliphatic heterocycles. The van der Waals surface area contributed by atoms with Crippen LogP contribution in [0.15, 0.2) is 23.5 Å². The van der Waals surface area contributed by atoms with E-state index in [0.29, 0.717) is 0 Å². The summed E-state index contributed by atoms with van der Waals surface area (Å²) in [6.45, 7) is 8.04. The van der Waals surface area contributed by atoms with E-state index in [0.717, 1.165) is 70.7 Å². The maximum absolute atomic E-state index is 4.41. The Kier molecular flexibility index (Phi) is 7.10. The van der Waals surface area contributed by atoms with E-state index in [9.17, 15) is 0 Å². The van der Waals surface area contributed by atoms with Crippen molar-refractivity contribution >= 4 is 35.9 Å². The lowest BCUT2D eigenvalue weighted by Gasteiger charge is -2.34. The fourth-order valence-corrected chi connectivity index (χ4v) is 2.61. The SMILES string of the molecule is I.c1cnc(N2CCN(CCNC3=NCCCN3)CC2)nc1. The number of rotatable bonds is 4. The molecule has 1 aromatic rings. The van der Waals surface area contributed by atoms with Crippen molar-refractivity contribution in [2.75, 3.05) is 57.3 Å². The third-order valence-electron chi connectivity index (χ3n) is 3.83. The van der Waals surface area contributed by atoms with E-state index in [2.05, 4.69) is 35.4 Å². The molecule has 0 atom stereocenters.